The maximum Gasteiger partial charge on any atom is 0.100 e. The van der Waals surface area contributed by atoms with E-state index in [9.17, 15) is 0 Å². The lowest BCUT2D eigenvalue weighted by atomic mass is 10.1. The fraction of sp³-hybridized carbons (Fsp3) is 1.00. The molecule has 190 valence electrons. The summed E-state index contributed by atoms with van der Waals surface area (Å²) < 4.78 is 5.77. The third-order valence-corrected chi connectivity index (χ3v) is 5.71. The first-order valence-corrected chi connectivity index (χ1v) is 13.7. The van der Waals surface area contributed by atoms with Crippen LogP contribution in [-0.4, -0.2) is 47.9 Å². The van der Waals surface area contributed by atoms with Crippen LogP contribution in [-0.2, 0) is 4.74 Å². The van der Waals surface area contributed by atoms with Crippen LogP contribution in [0.5, 0.6) is 0 Å². The van der Waals surface area contributed by atoms with Crippen molar-refractivity contribution in [2.45, 2.75) is 148 Å². The second kappa shape index (κ2) is 32.0. The highest BCUT2D eigenvalue weighted by atomic mass is 16.5. The monoisotopic (exact) mass is 446 g/mol. The van der Waals surface area contributed by atoms with Crippen LogP contribution in [0.3, 0.4) is 0 Å². The zero-order chi connectivity index (χ0) is 23.3. The normalized spacial score (nSPS) is 11.0. The highest BCUT2D eigenvalue weighted by molar-refractivity contribution is 4.49. The molecule has 3 N–H and O–H groups in total. The highest BCUT2D eigenvalue weighted by Crippen LogP contribution is 2.12. The molecule has 0 aliphatic carbocycles. The number of unbranched alkanes of at least 4 members (excludes halogenated alkanes) is 18. The Kier molecular flexibility index (Phi) is 34.1. The lowest BCUT2D eigenvalue weighted by Crippen LogP contribution is -2.15. The predicted molar refractivity (Wildman–Crippen MR) is 135 cm³/mol. The van der Waals surface area contributed by atoms with Crippen molar-refractivity contribution in [1.29, 1.82) is 0 Å². The Labute approximate surface area is 195 Å². The third-order valence-electron chi connectivity index (χ3n) is 5.71. The van der Waals surface area contributed by atoms with Crippen molar-refractivity contribution < 1.29 is 20.1 Å². The summed E-state index contributed by atoms with van der Waals surface area (Å²) >= 11 is 0. The van der Waals surface area contributed by atoms with E-state index in [4.69, 9.17) is 20.1 Å². The Morgan fingerprint density at radius 3 is 0.935 bits per heavy atom. The van der Waals surface area contributed by atoms with E-state index in [-0.39, 0.29) is 13.2 Å². The summed E-state index contributed by atoms with van der Waals surface area (Å²) in [5, 5.41) is 24.0. The molecule has 0 saturated carbocycles. The van der Waals surface area contributed by atoms with Gasteiger partial charge in [0.1, 0.15) is 6.10 Å². The summed E-state index contributed by atoms with van der Waals surface area (Å²) in [6, 6.07) is 0. The van der Waals surface area contributed by atoms with Gasteiger partial charge in [-0.3, -0.25) is 0 Å². The van der Waals surface area contributed by atoms with Crippen LogP contribution < -0.4 is 0 Å². The Hall–Kier alpha value is -0.160. The van der Waals surface area contributed by atoms with Crippen molar-refractivity contribution in [3.05, 3.63) is 0 Å². The standard InChI is InChI=1S/C24H50O.C3H8O3/c1-3-5-7-9-11-13-14-15-16-18-20-22-24-25-23-21-19-17-12-10-8-6-4-2;4-1-3(6)2-5/h3-24H2,1-2H3;3-6H,1-2H2. The zero-order valence-electron chi connectivity index (χ0n) is 21.3. The van der Waals surface area contributed by atoms with Crippen LogP contribution in [0.4, 0.5) is 0 Å². The zero-order valence-corrected chi connectivity index (χ0v) is 21.3. The fourth-order valence-corrected chi connectivity index (χ4v) is 3.54. The van der Waals surface area contributed by atoms with Crippen LogP contribution in [0.25, 0.3) is 0 Å². The fourth-order valence-electron chi connectivity index (χ4n) is 3.54. The van der Waals surface area contributed by atoms with E-state index in [1.165, 1.54) is 128 Å². The average molecular weight is 447 g/mol. The highest BCUT2D eigenvalue weighted by Gasteiger charge is 1.95. The molecular weight excluding hydrogens is 388 g/mol. The van der Waals surface area contributed by atoms with Crippen molar-refractivity contribution in [3.8, 4) is 0 Å². The van der Waals surface area contributed by atoms with Crippen molar-refractivity contribution in [2.75, 3.05) is 26.4 Å². The molecule has 0 amide bonds. The maximum absolute atomic E-state index is 8.17. The third kappa shape index (κ3) is 34.6. The Morgan fingerprint density at radius 2 is 0.710 bits per heavy atom. The molecule has 0 aromatic rings. The molecule has 0 bridgehead atoms. The Bertz CT molecular complexity index is 260. The second-order valence-corrected chi connectivity index (χ2v) is 9.00. The number of hydrogen-bond donors (Lipinski definition) is 3. The molecule has 0 radical (unpaired) electrons. The molecule has 0 atom stereocenters. The van der Waals surface area contributed by atoms with Crippen LogP contribution in [0, 0.1) is 0 Å². The number of hydrogen-bond acceptors (Lipinski definition) is 4. The minimum Gasteiger partial charge on any atom is -0.394 e. The van der Waals surface area contributed by atoms with E-state index in [0.717, 1.165) is 13.2 Å². The van der Waals surface area contributed by atoms with E-state index in [2.05, 4.69) is 13.8 Å². The van der Waals surface area contributed by atoms with Crippen molar-refractivity contribution >= 4 is 0 Å². The van der Waals surface area contributed by atoms with Gasteiger partial charge in [0.15, 0.2) is 0 Å². The second-order valence-electron chi connectivity index (χ2n) is 9.00. The average Bonchev–Trinajstić information content (AvgIpc) is 2.80. The molecule has 0 heterocycles. The van der Waals surface area contributed by atoms with E-state index in [0.29, 0.717) is 0 Å². The SMILES string of the molecule is CCCCCCCCCCCCCCOCCCCCCCCCC.OCC(O)CO. The summed E-state index contributed by atoms with van der Waals surface area (Å²) in [6.45, 7) is 5.84. The van der Waals surface area contributed by atoms with Crippen molar-refractivity contribution in [3.63, 3.8) is 0 Å². The smallest absolute Gasteiger partial charge is 0.100 e. The Morgan fingerprint density at radius 1 is 0.452 bits per heavy atom. The quantitative estimate of drug-likeness (QED) is 0.137. The molecule has 0 fully saturated rings. The summed E-state index contributed by atoms with van der Waals surface area (Å²) in [5.41, 5.74) is 0. The lowest BCUT2D eigenvalue weighted by Gasteiger charge is -2.05. The van der Waals surface area contributed by atoms with Crippen LogP contribution in [0.15, 0.2) is 0 Å². The molecule has 0 aromatic carbocycles. The topological polar surface area (TPSA) is 69.9 Å². The molecule has 0 spiro atoms. The first kappa shape index (κ1) is 33.0. The van der Waals surface area contributed by atoms with Gasteiger partial charge in [0.25, 0.3) is 0 Å². The summed E-state index contributed by atoms with van der Waals surface area (Å²) in [6.07, 6.45) is 27.2. The molecule has 0 saturated heterocycles. The van der Waals surface area contributed by atoms with Gasteiger partial charge < -0.3 is 20.1 Å². The van der Waals surface area contributed by atoms with Gasteiger partial charge in [-0.15, -0.1) is 0 Å². The predicted octanol–water partition coefficient (Wildman–Crippen LogP) is 7.18. The summed E-state index contributed by atoms with van der Waals surface area (Å²) in [4.78, 5) is 0. The van der Waals surface area contributed by atoms with Crippen LogP contribution in [0.1, 0.15) is 142 Å². The summed E-state index contributed by atoms with van der Waals surface area (Å²) in [5.74, 6) is 0. The van der Waals surface area contributed by atoms with Crippen molar-refractivity contribution in [1.82, 2.24) is 0 Å². The molecular formula is C27H58O4. The van der Waals surface area contributed by atoms with Gasteiger partial charge in [0.2, 0.25) is 0 Å². The van der Waals surface area contributed by atoms with Gasteiger partial charge in [-0.2, -0.15) is 0 Å². The van der Waals surface area contributed by atoms with Gasteiger partial charge in [0.05, 0.1) is 13.2 Å². The van der Waals surface area contributed by atoms with Gasteiger partial charge in [0, 0.05) is 13.2 Å². The summed E-state index contributed by atoms with van der Waals surface area (Å²) in [7, 11) is 0. The van der Waals surface area contributed by atoms with Crippen LogP contribution in [0.2, 0.25) is 0 Å². The minimum atomic E-state index is -0.954. The van der Waals surface area contributed by atoms with Gasteiger partial charge >= 0.3 is 0 Å². The molecule has 0 aliphatic rings. The maximum atomic E-state index is 8.17. The first-order valence-electron chi connectivity index (χ1n) is 13.7. The number of ether oxygens (including phenoxy) is 1. The number of aliphatic hydroxyl groups excluding tert-OH is 3. The minimum absolute atomic E-state index is 0.365. The molecule has 0 aromatic heterocycles. The molecule has 0 unspecified atom stereocenters. The molecule has 0 rings (SSSR count). The van der Waals surface area contributed by atoms with E-state index >= 15 is 0 Å². The van der Waals surface area contributed by atoms with Gasteiger partial charge in [-0.05, 0) is 12.8 Å². The largest absolute Gasteiger partial charge is 0.394 e. The van der Waals surface area contributed by atoms with Gasteiger partial charge in [-0.1, -0.05) is 129 Å². The first-order chi connectivity index (χ1) is 15.2. The number of aliphatic hydroxyl groups is 3. The van der Waals surface area contributed by atoms with Gasteiger partial charge in [-0.25, -0.2) is 0 Å². The lowest BCUT2D eigenvalue weighted by molar-refractivity contribution is 0.0450. The molecule has 4 nitrogen and oxygen atoms in total. The van der Waals surface area contributed by atoms with E-state index in [1.807, 2.05) is 0 Å². The molecule has 4 heteroatoms. The molecule has 0 aliphatic heterocycles. The molecule has 31 heavy (non-hydrogen) atoms. The van der Waals surface area contributed by atoms with Crippen molar-refractivity contribution in [2.24, 2.45) is 0 Å². The van der Waals surface area contributed by atoms with E-state index < -0.39 is 6.10 Å². The number of rotatable bonds is 24. The Balaban J connectivity index is 0. The van der Waals surface area contributed by atoms with Crippen LogP contribution >= 0.6 is 0 Å². The van der Waals surface area contributed by atoms with E-state index in [1.54, 1.807) is 0 Å².